The summed E-state index contributed by atoms with van der Waals surface area (Å²) in [6, 6.07) is 7.61. The van der Waals surface area contributed by atoms with E-state index in [1.165, 1.54) is 0 Å². The smallest absolute Gasteiger partial charge is 0.161 e. The van der Waals surface area contributed by atoms with Crippen molar-refractivity contribution in [2.45, 2.75) is 33.3 Å². The van der Waals surface area contributed by atoms with Crippen LogP contribution in [0.3, 0.4) is 0 Å². The van der Waals surface area contributed by atoms with Crippen molar-refractivity contribution in [3.05, 3.63) is 23.8 Å². The first kappa shape index (κ1) is 15.3. The molecule has 0 atom stereocenters. The summed E-state index contributed by atoms with van der Waals surface area (Å²) in [4.78, 5) is 0. The van der Waals surface area contributed by atoms with Gasteiger partial charge in [0.1, 0.15) is 0 Å². The lowest BCUT2D eigenvalue weighted by Gasteiger charge is -2.16. The number of methoxy groups -OCH3 is 1. The Morgan fingerprint density at radius 3 is 2.63 bits per heavy atom. The first-order valence-corrected chi connectivity index (χ1v) is 6.34. The first-order valence-electron chi connectivity index (χ1n) is 6.34. The zero-order chi connectivity index (χ0) is 14.3. The summed E-state index contributed by atoms with van der Waals surface area (Å²) in [6.07, 6.45) is 1.58. The van der Waals surface area contributed by atoms with E-state index in [-0.39, 0.29) is 12.0 Å². The third-order valence-corrected chi connectivity index (χ3v) is 2.92. The molecule has 0 fully saturated rings. The molecule has 0 aliphatic heterocycles. The van der Waals surface area contributed by atoms with Crippen LogP contribution >= 0.6 is 0 Å². The molecule has 0 bridgehead atoms. The number of ether oxygens (including phenoxy) is 2. The molecule has 0 aliphatic rings. The molecule has 0 saturated heterocycles. The lowest BCUT2D eigenvalue weighted by atomic mass is 9.90. The Kier molecular flexibility index (Phi) is 5.65. The minimum Gasteiger partial charge on any atom is -0.493 e. The Balaban J connectivity index is 2.55. The van der Waals surface area contributed by atoms with E-state index in [0.29, 0.717) is 18.1 Å². The van der Waals surface area contributed by atoms with Gasteiger partial charge in [-0.3, -0.25) is 0 Å². The topological polar surface area (TPSA) is 62.5 Å². The number of rotatable bonds is 7. The second-order valence-electron chi connectivity index (χ2n) is 5.09. The van der Waals surface area contributed by atoms with Gasteiger partial charge in [0.05, 0.1) is 31.8 Å². The van der Waals surface area contributed by atoms with Gasteiger partial charge < -0.3 is 14.6 Å². The van der Waals surface area contributed by atoms with Crippen LogP contribution in [-0.2, 0) is 6.61 Å². The Morgan fingerprint density at radius 1 is 1.32 bits per heavy atom. The van der Waals surface area contributed by atoms with E-state index >= 15 is 0 Å². The molecule has 0 aliphatic carbocycles. The van der Waals surface area contributed by atoms with Gasteiger partial charge in [-0.05, 0) is 44.4 Å². The quantitative estimate of drug-likeness (QED) is 0.768. The van der Waals surface area contributed by atoms with Crippen molar-refractivity contribution in [3.63, 3.8) is 0 Å². The Bertz CT molecular complexity index is 449. The molecule has 0 aromatic heterocycles. The number of benzene rings is 1. The molecule has 1 rings (SSSR count). The normalized spacial score (nSPS) is 10.9. The molecule has 0 radical (unpaired) electrons. The van der Waals surface area contributed by atoms with E-state index in [9.17, 15) is 0 Å². The van der Waals surface area contributed by atoms with Gasteiger partial charge >= 0.3 is 0 Å². The Morgan fingerprint density at radius 2 is 2.05 bits per heavy atom. The maximum absolute atomic E-state index is 9.10. The molecule has 19 heavy (non-hydrogen) atoms. The molecule has 0 saturated carbocycles. The van der Waals surface area contributed by atoms with Gasteiger partial charge in [-0.15, -0.1) is 0 Å². The summed E-state index contributed by atoms with van der Waals surface area (Å²) in [5.74, 6) is 1.28. The number of aliphatic hydroxyl groups excluding tert-OH is 1. The average Bonchev–Trinajstić information content (AvgIpc) is 2.43. The number of nitrogens with zero attached hydrogens (tertiary/aromatic N) is 1. The summed E-state index contributed by atoms with van der Waals surface area (Å²) >= 11 is 0. The summed E-state index contributed by atoms with van der Waals surface area (Å²) < 4.78 is 10.9. The van der Waals surface area contributed by atoms with Gasteiger partial charge in [-0.25, -0.2) is 0 Å². The standard InChI is InChI=1S/C15H21NO3/c1-15(2,11-16)7-4-8-19-14-9-12(10-17)5-6-13(14)18-3/h5-6,9,17H,4,7-8,10H2,1-3H3. The Hall–Kier alpha value is -1.73. The average molecular weight is 263 g/mol. The summed E-state index contributed by atoms with van der Waals surface area (Å²) in [7, 11) is 1.58. The summed E-state index contributed by atoms with van der Waals surface area (Å²) in [5.41, 5.74) is 0.466. The van der Waals surface area contributed by atoms with E-state index in [0.717, 1.165) is 18.4 Å². The van der Waals surface area contributed by atoms with Crippen molar-refractivity contribution < 1.29 is 14.6 Å². The highest BCUT2D eigenvalue weighted by atomic mass is 16.5. The van der Waals surface area contributed by atoms with Crippen LogP contribution in [0.4, 0.5) is 0 Å². The summed E-state index contributed by atoms with van der Waals surface area (Å²) in [6.45, 7) is 4.33. The van der Waals surface area contributed by atoms with Crippen molar-refractivity contribution in [1.29, 1.82) is 5.26 Å². The first-order chi connectivity index (χ1) is 9.02. The minimum absolute atomic E-state index is 0.0260. The maximum atomic E-state index is 9.10. The van der Waals surface area contributed by atoms with Gasteiger partial charge in [0.25, 0.3) is 0 Å². The SMILES string of the molecule is COc1ccc(CO)cc1OCCCC(C)(C)C#N. The van der Waals surface area contributed by atoms with Crippen LogP contribution in [0.1, 0.15) is 32.3 Å². The van der Waals surface area contributed by atoms with Crippen LogP contribution in [0.5, 0.6) is 11.5 Å². The predicted octanol–water partition coefficient (Wildman–Crippen LogP) is 2.90. The molecule has 104 valence electrons. The molecule has 0 unspecified atom stereocenters. The third kappa shape index (κ3) is 4.80. The zero-order valence-electron chi connectivity index (χ0n) is 11.8. The van der Waals surface area contributed by atoms with Gasteiger partial charge in [0.15, 0.2) is 11.5 Å². The van der Waals surface area contributed by atoms with Gasteiger partial charge in [0.2, 0.25) is 0 Å². The van der Waals surface area contributed by atoms with Crippen LogP contribution in [-0.4, -0.2) is 18.8 Å². The van der Waals surface area contributed by atoms with E-state index in [4.69, 9.17) is 19.8 Å². The fourth-order valence-electron chi connectivity index (χ4n) is 1.68. The van der Waals surface area contributed by atoms with Gasteiger partial charge in [-0.1, -0.05) is 6.07 Å². The van der Waals surface area contributed by atoms with Crippen molar-refractivity contribution in [1.82, 2.24) is 0 Å². The fourth-order valence-corrected chi connectivity index (χ4v) is 1.68. The highest BCUT2D eigenvalue weighted by Crippen LogP contribution is 2.29. The Labute approximate surface area is 114 Å². The molecule has 1 aromatic carbocycles. The van der Waals surface area contributed by atoms with E-state index in [1.54, 1.807) is 25.3 Å². The van der Waals surface area contributed by atoms with E-state index in [2.05, 4.69) is 6.07 Å². The third-order valence-electron chi connectivity index (χ3n) is 2.92. The summed E-state index contributed by atoms with van der Waals surface area (Å²) in [5, 5.41) is 18.0. The molecule has 0 spiro atoms. The second-order valence-corrected chi connectivity index (χ2v) is 5.09. The van der Waals surface area contributed by atoms with Crippen molar-refractivity contribution in [2.75, 3.05) is 13.7 Å². The van der Waals surface area contributed by atoms with E-state index in [1.807, 2.05) is 13.8 Å². The van der Waals surface area contributed by atoms with E-state index < -0.39 is 0 Å². The number of hydrogen-bond acceptors (Lipinski definition) is 4. The van der Waals surface area contributed by atoms with Crippen LogP contribution in [0.15, 0.2) is 18.2 Å². The molecule has 4 nitrogen and oxygen atoms in total. The van der Waals surface area contributed by atoms with Gasteiger partial charge in [0, 0.05) is 0 Å². The van der Waals surface area contributed by atoms with Crippen molar-refractivity contribution in [3.8, 4) is 17.6 Å². The largest absolute Gasteiger partial charge is 0.493 e. The lowest BCUT2D eigenvalue weighted by Crippen LogP contribution is -2.10. The molecule has 0 amide bonds. The van der Waals surface area contributed by atoms with Crippen molar-refractivity contribution >= 4 is 0 Å². The zero-order valence-corrected chi connectivity index (χ0v) is 11.8. The van der Waals surface area contributed by atoms with Crippen LogP contribution < -0.4 is 9.47 Å². The molecule has 0 heterocycles. The monoisotopic (exact) mass is 263 g/mol. The molecular weight excluding hydrogens is 242 g/mol. The number of aliphatic hydroxyl groups is 1. The highest BCUT2D eigenvalue weighted by Gasteiger charge is 2.16. The minimum atomic E-state index is -0.319. The maximum Gasteiger partial charge on any atom is 0.161 e. The molecular formula is C15H21NO3. The second kappa shape index (κ2) is 7.01. The van der Waals surface area contributed by atoms with Crippen LogP contribution in [0, 0.1) is 16.7 Å². The number of nitriles is 1. The number of hydrogen-bond donors (Lipinski definition) is 1. The molecule has 1 aromatic rings. The van der Waals surface area contributed by atoms with Crippen LogP contribution in [0.2, 0.25) is 0 Å². The van der Waals surface area contributed by atoms with Crippen LogP contribution in [0.25, 0.3) is 0 Å². The molecule has 4 heteroatoms. The molecule has 1 N–H and O–H groups in total. The fraction of sp³-hybridized carbons (Fsp3) is 0.533. The lowest BCUT2D eigenvalue weighted by molar-refractivity contribution is 0.264. The van der Waals surface area contributed by atoms with Gasteiger partial charge in [-0.2, -0.15) is 5.26 Å². The van der Waals surface area contributed by atoms with Crippen molar-refractivity contribution in [2.24, 2.45) is 5.41 Å². The highest BCUT2D eigenvalue weighted by molar-refractivity contribution is 5.42. The predicted molar refractivity (Wildman–Crippen MR) is 73.0 cm³/mol.